The molecule has 0 unspecified atom stereocenters. The molecule has 1 aliphatic carbocycles. The van der Waals surface area contributed by atoms with Crippen molar-refractivity contribution in [2.24, 2.45) is 5.92 Å². The summed E-state index contributed by atoms with van der Waals surface area (Å²) in [5.41, 5.74) is 0. The fourth-order valence-electron chi connectivity index (χ4n) is 3.10. The molecule has 0 radical (unpaired) electrons. The molecular formula is C15H27N3. The summed E-state index contributed by atoms with van der Waals surface area (Å²) in [4.78, 5) is 4.44. The molecule has 1 aliphatic rings. The van der Waals surface area contributed by atoms with Crippen LogP contribution in [0, 0.1) is 5.92 Å². The van der Waals surface area contributed by atoms with Crippen molar-refractivity contribution in [3.05, 3.63) is 12.4 Å². The van der Waals surface area contributed by atoms with Crippen LogP contribution >= 0.6 is 0 Å². The molecule has 0 spiro atoms. The van der Waals surface area contributed by atoms with E-state index in [9.17, 15) is 0 Å². The van der Waals surface area contributed by atoms with Gasteiger partial charge in [0.25, 0.3) is 0 Å². The molecule has 1 aromatic heterocycles. The monoisotopic (exact) mass is 249 g/mol. The standard InChI is InChI=1S/C15H27N3/c1-4-5-13-6-8-14(9-7-13)18-11-10-16-15(18)17-12(2)3/h10-14H,4-9H2,1-3H3,(H,16,17). The van der Waals surface area contributed by atoms with Crippen LogP contribution in [0.25, 0.3) is 0 Å². The van der Waals surface area contributed by atoms with Gasteiger partial charge in [-0.05, 0) is 45.4 Å². The second kappa shape index (κ2) is 6.26. The van der Waals surface area contributed by atoms with Crippen LogP contribution in [0.5, 0.6) is 0 Å². The van der Waals surface area contributed by atoms with Gasteiger partial charge in [0, 0.05) is 24.5 Å². The van der Waals surface area contributed by atoms with Gasteiger partial charge in [0.1, 0.15) is 0 Å². The van der Waals surface area contributed by atoms with Crippen molar-refractivity contribution in [2.75, 3.05) is 5.32 Å². The van der Waals surface area contributed by atoms with E-state index in [0.717, 1.165) is 11.9 Å². The molecule has 1 aromatic rings. The zero-order chi connectivity index (χ0) is 13.0. The highest BCUT2D eigenvalue weighted by Crippen LogP contribution is 2.35. The van der Waals surface area contributed by atoms with E-state index in [1.165, 1.54) is 38.5 Å². The molecule has 2 rings (SSSR count). The zero-order valence-electron chi connectivity index (χ0n) is 12.0. The average molecular weight is 249 g/mol. The second-order valence-electron chi connectivity index (χ2n) is 5.92. The highest BCUT2D eigenvalue weighted by molar-refractivity contribution is 5.27. The molecule has 1 heterocycles. The maximum atomic E-state index is 4.44. The molecular weight excluding hydrogens is 222 g/mol. The largest absolute Gasteiger partial charge is 0.353 e. The normalized spacial score (nSPS) is 24.4. The number of hydrogen-bond donors (Lipinski definition) is 1. The number of nitrogens with one attached hydrogen (secondary N) is 1. The molecule has 0 aromatic carbocycles. The molecule has 102 valence electrons. The summed E-state index contributed by atoms with van der Waals surface area (Å²) in [6.45, 7) is 6.63. The van der Waals surface area contributed by atoms with Gasteiger partial charge in [-0.1, -0.05) is 19.8 Å². The second-order valence-corrected chi connectivity index (χ2v) is 5.92. The minimum Gasteiger partial charge on any atom is -0.353 e. The van der Waals surface area contributed by atoms with E-state index >= 15 is 0 Å². The minimum atomic E-state index is 0.447. The molecule has 0 aliphatic heterocycles. The van der Waals surface area contributed by atoms with E-state index in [1.54, 1.807) is 0 Å². The van der Waals surface area contributed by atoms with Crippen molar-refractivity contribution >= 4 is 5.95 Å². The average Bonchev–Trinajstić information content (AvgIpc) is 2.78. The van der Waals surface area contributed by atoms with Gasteiger partial charge in [-0.25, -0.2) is 4.98 Å². The van der Waals surface area contributed by atoms with E-state index in [-0.39, 0.29) is 0 Å². The third-order valence-corrected chi connectivity index (χ3v) is 3.99. The maximum absolute atomic E-state index is 4.44. The van der Waals surface area contributed by atoms with Crippen molar-refractivity contribution < 1.29 is 0 Å². The topological polar surface area (TPSA) is 29.9 Å². The predicted molar refractivity (Wildman–Crippen MR) is 76.9 cm³/mol. The smallest absolute Gasteiger partial charge is 0.203 e. The molecule has 0 saturated heterocycles. The SMILES string of the molecule is CCCC1CCC(n2ccnc2NC(C)C)CC1. The maximum Gasteiger partial charge on any atom is 0.203 e. The first-order chi connectivity index (χ1) is 8.70. The highest BCUT2D eigenvalue weighted by atomic mass is 15.2. The molecule has 1 N–H and O–H groups in total. The minimum absolute atomic E-state index is 0.447. The van der Waals surface area contributed by atoms with Crippen LogP contribution in [0.1, 0.15) is 65.3 Å². The quantitative estimate of drug-likeness (QED) is 0.846. The number of hydrogen-bond acceptors (Lipinski definition) is 2. The van der Waals surface area contributed by atoms with Crippen molar-refractivity contribution in [3.8, 4) is 0 Å². The number of nitrogens with zero attached hydrogens (tertiary/aromatic N) is 2. The van der Waals surface area contributed by atoms with Gasteiger partial charge in [-0.15, -0.1) is 0 Å². The van der Waals surface area contributed by atoms with Crippen LogP contribution in [-0.2, 0) is 0 Å². The van der Waals surface area contributed by atoms with E-state index in [0.29, 0.717) is 12.1 Å². The Hall–Kier alpha value is -0.990. The molecule has 3 nitrogen and oxygen atoms in total. The molecule has 1 saturated carbocycles. The summed E-state index contributed by atoms with van der Waals surface area (Å²) in [6, 6.07) is 1.10. The van der Waals surface area contributed by atoms with E-state index in [1.807, 2.05) is 6.20 Å². The van der Waals surface area contributed by atoms with Crippen LogP contribution in [0.15, 0.2) is 12.4 Å². The Labute approximate surface area is 111 Å². The first-order valence-electron chi connectivity index (χ1n) is 7.50. The Balaban J connectivity index is 1.95. The van der Waals surface area contributed by atoms with Crippen LogP contribution < -0.4 is 5.32 Å². The molecule has 0 amide bonds. The van der Waals surface area contributed by atoms with Gasteiger partial charge in [0.05, 0.1) is 0 Å². The predicted octanol–water partition coefficient (Wildman–Crippen LogP) is 4.23. The number of imidazole rings is 1. The van der Waals surface area contributed by atoms with E-state index in [4.69, 9.17) is 0 Å². The summed E-state index contributed by atoms with van der Waals surface area (Å²) in [6.07, 6.45) is 12.2. The Morgan fingerprint density at radius 1 is 1.33 bits per heavy atom. The molecule has 0 atom stereocenters. The lowest BCUT2D eigenvalue weighted by atomic mass is 9.83. The molecule has 18 heavy (non-hydrogen) atoms. The van der Waals surface area contributed by atoms with Crippen LogP contribution in [0.2, 0.25) is 0 Å². The van der Waals surface area contributed by atoms with Crippen LogP contribution in [0.4, 0.5) is 5.95 Å². The van der Waals surface area contributed by atoms with E-state index < -0.39 is 0 Å². The highest BCUT2D eigenvalue weighted by Gasteiger charge is 2.23. The van der Waals surface area contributed by atoms with Crippen LogP contribution in [-0.4, -0.2) is 15.6 Å². The number of aromatic nitrogens is 2. The number of anilines is 1. The fraction of sp³-hybridized carbons (Fsp3) is 0.800. The summed E-state index contributed by atoms with van der Waals surface area (Å²) < 4.78 is 2.35. The molecule has 0 bridgehead atoms. The molecule has 1 fully saturated rings. The van der Waals surface area contributed by atoms with Gasteiger partial charge >= 0.3 is 0 Å². The lowest BCUT2D eigenvalue weighted by Crippen LogP contribution is -2.21. The van der Waals surface area contributed by atoms with Gasteiger partial charge in [0.15, 0.2) is 0 Å². The van der Waals surface area contributed by atoms with Gasteiger partial charge in [-0.2, -0.15) is 0 Å². The Bertz CT molecular complexity index is 348. The summed E-state index contributed by atoms with van der Waals surface area (Å²) in [5, 5.41) is 3.44. The Morgan fingerprint density at radius 3 is 2.67 bits per heavy atom. The Kier molecular flexibility index (Phi) is 4.67. The molecule has 3 heteroatoms. The van der Waals surface area contributed by atoms with Gasteiger partial charge in [0.2, 0.25) is 5.95 Å². The number of rotatable bonds is 5. The Morgan fingerprint density at radius 2 is 2.06 bits per heavy atom. The van der Waals surface area contributed by atoms with Gasteiger partial charge < -0.3 is 9.88 Å². The zero-order valence-corrected chi connectivity index (χ0v) is 12.0. The third-order valence-electron chi connectivity index (χ3n) is 3.99. The van der Waals surface area contributed by atoms with Crippen LogP contribution in [0.3, 0.4) is 0 Å². The van der Waals surface area contributed by atoms with Crippen molar-refractivity contribution in [3.63, 3.8) is 0 Å². The van der Waals surface area contributed by atoms with Crippen molar-refractivity contribution in [2.45, 2.75) is 71.4 Å². The lowest BCUT2D eigenvalue weighted by molar-refractivity contribution is 0.264. The first kappa shape index (κ1) is 13.4. The summed E-state index contributed by atoms with van der Waals surface area (Å²) >= 11 is 0. The lowest BCUT2D eigenvalue weighted by Gasteiger charge is -2.30. The van der Waals surface area contributed by atoms with E-state index in [2.05, 4.69) is 41.8 Å². The van der Waals surface area contributed by atoms with Crippen molar-refractivity contribution in [1.82, 2.24) is 9.55 Å². The first-order valence-corrected chi connectivity index (χ1v) is 7.50. The summed E-state index contributed by atoms with van der Waals surface area (Å²) in [7, 11) is 0. The summed E-state index contributed by atoms with van der Waals surface area (Å²) in [5.74, 6) is 2.01. The fourth-order valence-corrected chi connectivity index (χ4v) is 3.10. The van der Waals surface area contributed by atoms with Gasteiger partial charge in [-0.3, -0.25) is 0 Å². The van der Waals surface area contributed by atoms with Crippen molar-refractivity contribution in [1.29, 1.82) is 0 Å². The third kappa shape index (κ3) is 3.27.